The maximum atomic E-state index is 14.1. The third kappa shape index (κ3) is 2.84. The second-order valence-electron chi connectivity index (χ2n) is 4.52. The molecule has 7 heteroatoms. The molecule has 0 saturated heterocycles. The predicted octanol–water partition coefficient (Wildman–Crippen LogP) is 4.61. The summed E-state index contributed by atoms with van der Waals surface area (Å²) in [5.74, 6) is -3.36. The van der Waals surface area contributed by atoms with E-state index in [1.807, 2.05) is 0 Å². The summed E-state index contributed by atoms with van der Waals surface area (Å²) >= 11 is 8.99. The molecule has 0 aliphatic carbocycles. The van der Waals surface area contributed by atoms with E-state index in [1.54, 1.807) is 6.07 Å². The molecule has 0 bridgehead atoms. The highest BCUT2D eigenvalue weighted by molar-refractivity contribution is 9.10. The van der Waals surface area contributed by atoms with Crippen molar-refractivity contribution in [2.75, 3.05) is 0 Å². The van der Waals surface area contributed by atoms with E-state index in [0.717, 1.165) is 0 Å². The fourth-order valence-electron chi connectivity index (χ4n) is 2.15. The zero-order chi connectivity index (χ0) is 16.6. The molecular formula is C15H9BrClFO4. The van der Waals surface area contributed by atoms with Crippen LogP contribution in [0.15, 0.2) is 28.7 Å². The van der Waals surface area contributed by atoms with Gasteiger partial charge in [0.25, 0.3) is 0 Å². The van der Waals surface area contributed by atoms with Crippen LogP contribution in [-0.4, -0.2) is 22.2 Å². The average Bonchev–Trinajstić information content (AvgIpc) is 2.39. The van der Waals surface area contributed by atoms with Crippen molar-refractivity contribution in [3.8, 4) is 11.1 Å². The van der Waals surface area contributed by atoms with Gasteiger partial charge in [0.2, 0.25) is 0 Å². The van der Waals surface area contributed by atoms with Crippen molar-refractivity contribution in [2.45, 2.75) is 6.92 Å². The summed E-state index contributed by atoms with van der Waals surface area (Å²) in [7, 11) is 0. The summed E-state index contributed by atoms with van der Waals surface area (Å²) in [6.07, 6.45) is 0. The van der Waals surface area contributed by atoms with Crippen molar-refractivity contribution in [2.24, 2.45) is 0 Å². The van der Waals surface area contributed by atoms with E-state index in [2.05, 4.69) is 15.9 Å². The Balaban J connectivity index is 2.86. The summed E-state index contributed by atoms with van der Waals surface area (Å²) in [4.78, 5) is 22.6. The van der Waals surface area contributed by atoms with Gasteiger partial charge in [-0.2, -0.15) is 0 Å². The van der Waals surface area contributed by atoms with Gasteiger partial charge in [-0.25, -0.2) is 14.0 Å². The monoisotopic (exact) mass is 386 g/mol. The first-order valence-corrected chi connectivity index (χ1v) is 7.16. The molecule has 0 saturated carbocycles. The molecule has 2 rings (SSSR count). The Morgan fingerprint density at radius 2 is 1.77 bits per heavy atom. The van der Waals surface area contributed by atoms with Gasteiger partial charge in [-0.05, 0) is 36.2 Å². The number of hydrogen-bond acceptors (Lipinski definition) is 2. The van der Waals surface area contributed by atoms with Gasteiger partial charge in [-0.1, -0.05) is 33.6 Å². The third-order valence-electron chi connectivity index (χ3n) is 3.19. The number of carboxylic acids is 2. The number of carboxylic acid groups (broad SMARTS) is 2. The molecule has 0 atom stereocenters. The third-order valence-corrected chi connectivity index (χ3v) is 4.08. The molecule has 2 N–H and O–H groups in total. The van der Waals surface area contributed by atoms with Gasteiger partial charge in [0.15, 0.2) is 0 Å². The van der Waals surface area contributed by atoms with E-state index < -0.39 is 17.8 Å². The van der Waals surface area contributed by atoms with Gasteiger partial charge in [0.05, 0.1) is 16.1 Å². The fourth-order valence-corrected chi connectivity index (χ4v) is 2.84. The van der Waals surface area contributed by atoms with Crippen LogP contribution in [-0.2, 0) is 0 Å². The number of hydrogen-bond donors (Lipinski definition) is 2. The van der Waals surface area contributed by atoms with Crippen molar-refractivity contribution < 1.29 is 24.2 Å². The molecule has 0 aliphatic heterocycles. The summed E-state index contributed by atoms with van der Waals surface area (Å²) in [6, 6.07) is 5.41. The molecule has 0 radical (unpaired) electrons. The lowest BCUT2D eigenvalue weighted by molar-refractivity contribution is 0.0695. The Kier molecular flexibility index (Phi) is 4.53. The molecule has 4 nitrogen and oxygen atoms in total. The molecule has 2 aromatic rings. The lowest BCUT2D eigenvalue weighted by Crippen LogP contribution is -2.09. The zero-order valence-electron chi connectivity index (χ0n) is 11.2. The van der Waals surface area contributed by atoms with Crippen molar-refractivity contribution in [3.05, 3.63) is 56.3 Å². The Morgan fingerprint density at radius 3 is 2.27 bits per heavy atom. The van der Waals surface area contributed by atoms with Crippen molar-refractivity contribution >= 4 is 39.5 Å². The SMILES string of the molecule is Cc1c(-c2ccc(Br)cc2F)cc(C(=O)O)c(Cl)c1C(=O)O. The molecule has 0 spiro atoms. The summed E-state index contributed by atoms with van der Waals surface area (Å²) < 4.78 is 14.6. The van der Waals surface area contributed by atoms with Crippen LogP contribution in [0.3, 0.4) is 0 Å². The van der Waals surface area contributed by atoms with E-state index in [9.17, 15) is 19.1 Å². The molecule has 114 valence electrons. The van der Waals surface area contributed by atoms with E-state index in [4.69, 9.17) is 16.7 Å². The largest absolute Gasteiger partial charge is 0.478 e. The minimum atomic E-state index is -1.38. The molecule has 0 aromatic heterocycles. The molecular weight excluding hydrogens is 379 g/mol. The van der Waals surface area contributed by atoms with Crippen LogP contribution < -0.4 is 0 Å². The Bertz CT molecular complexity index is 805. The first-order chi connectivity index (χ1) is 10.2. The highest BCUT2D eigenvalue weighted by Gasteiger charge is 2.24. The van der Waals surface area contributed by atoms with Crippen molar-refractivity contribution in [1.82, 2.24) is 0 Å². The lowest BCUT2D eigenvalue weighted by Gasteiger charge is -2.14. The van der Waals surface area contributed by atoms with Crippen LogP contribution in [0.1, 0.15) is 26.3 Å². The summed E-state index contributed by atoms with van der Waals surface area (Å²) in [5.41, 5.74) is -0.267. The first kappa shape index (κ1) is 16.5. The first-order valence-electron chi connectivity index (χ1n) is 5.99. The standard InChI is InChI=1S/C15H9BrClFO4/c1-6-9(8-3-2-7(16)4-11(8)18)5-10(14(19)20)13(17)12(6)15(21)22/h2-5H,1H3,(H,19,20)(H,21,22). The van der Waals surface area contributed by atoms with Crippen LogP contribution in [0.2, 0.25) is 5.02 Å². The van der Waals surface area contributed by atoms with Crippen molar-refractivity contribution in [1.29, 1.82) is 0 Å². The zero-order valence-corrected chi connectivity index (χ0v) is 13.5. The smallest absolute Gasteiger partial charge is 0.337 e. The maximum Gasteiger partial charge on any atom is 0.337 e. The van der Waals surface area contributed by atoms with Gasteiger partial charge in [0.1, 0.15) is 5.82 Å². The minimum absolute atomic E-state index is 0.0994. The summed E-state index contributed by atoms with van der Waals surface area (Å²) in [6.45, 7) is 1.46. The van der Waals surface area contributed by atoms with E-state index in [0.29, 0.717) is 4.47 Å². The van der Waals surface area contributed by atoms with Crippen LogP contribution in [0.4, 0.5) is 4.39 Å². The molecule has 2 aromatic carbocycles. The molecule has 0 amide bonds. The average molecular weight is 388 g/mol. The summed E-state index contributed by atoms with van der Waals surface area (Å²) in [5, 5.41) is 18.1. The van der Waals surface area contributed by atoms with Gasteiger partial charge in [-0.15, -0.1) is 0 Å². The number of halogens is 3. The highest BCUT2D eigenvalue weighted by Crippen LogP contribution is 2.35. The van der Waals surface area contributed by atoms with Crippen LogP contribution in [0.5, 0.6) is 0 Å². The van der Waals surface area contributed by atoms with Crippen LogP contribution in [0.25, 0.3) is 11.1 Å². The predicted molar refractivity (Wildman–Crippen MR) is 83.2 cm³/mol. The van der Waals surface area contributed by atoms with E-state index in [1.165, 1.54) is 25.1 Å². The molecule has 22 heavy (non-hydrogen) atoms. The molecule has 0 heterocycles. The van der Waals surface area contributed by atoms with Crippen LogP contribution >= 0.6 is 27.5 Å². The van der Waals surface area contributed by atoms with E-state index in [-0.39, 0.29) is 32.8 Å². The highest BCUT2D eigenvalue weighted by atomic mass is 79.9. The molecule has 0 unspecified atom stereocenters. The van der Waals surface area contributed by atoms with Gasteiger partial charge < -0.3 is 10.2 Å². The minimum Gasteiger partial charge on any atom is -0.478 e. The van der Waals surface area contributed by atoms with Crippen LogP contribution in [0, 0.1) is 12.7 Å². The topological polar surface area (TPSA) is 74.6 Å². The number of carbonyl (C=O) groups is 2. The Labute approximate surface area is 138 Å². The second kappa shape index (κ2) is 6.06. The molecule has 0 aliphatic rings. The van der Waals surface area contributed by atoms with Gasteiger partial charge in [0, 0.05) is 10.0 Å². The maximum absolute atomic E-state index is 14.1. The second-order valence-corrected chi connectivity index (χ2v) is 5.81. The van der Waals surface area contributed by atoms with E-state index >= 15 is 0 Å². The number of rotatable bonds is 3. The lowest BCUT2D eigenvalue weighted by atomic mass is 9.93. The van der Waals surface area contributed by atoms with Gasteiger partial charge in [-0.3, -0.25) is 0 Å². The number of benzene rings is 2. The van der Waals surface area contributed by atoms with Gasteiger partial charge >= 0.3 is 11.9 Å². The number of aromatic carboxylic acids is 2. The Morgan fingerprint density at radius 1 is 1.14 bits per heavy atom. The molecule has 0 fully saturated rings. The normalized spacial score (nSPS) is 10.5. The Hall–Kier alpha value is -1.92. The quantitative estimate of drug-likeness (QED) is 0.806. The fraction of sp³-hybridized carbons (Fsp3) is 0.0667. The van der Waals surface area contributed by atoms with Crippen molar-refractivity contribution in [3.63, 3.8) is 0 Å².